The average Bonchev–Trinajstić information content (AvgIpc) is 2.33. The van der Waals surface area contributed by atoms with Crippen LogP contribution in [0.4, 0.5) is 0 Å². The summed E-state index contributed by atoms with van der Waals surface area (Å²) < 4.78 is 1.04. The van der Waals surface area contributed by atoms with Crippen LogP contribution < -0.4 is 5.32 Å². The van der Waals surface area contributed by atoms with Gasteiger partial charge in [0, 0.05) is 54.5 Å². The van der Waals surface area contributed by atoms with Gasteiger partial charge in [-0.05, 0) is 41.9 Å². The second-order valence-corrected chi connectivity index (χ2v) is 6.11. The van der Waals surface area contributed by atoms with E-state index in [1.807, 2.05) is 6.20 Å². The Kier molecular flexibility index (Phi) is 4.17. The van der Waals surface area contributed by atoms with Gasteiger partial charge in [0.2, 0.25) is 0 Å². The number of aromatic nitrogens is 1. The largest absolute Gasteiger partial charge is 0.314 e. The first-order valence-electron chi connectivity index (χ1n) is 6.14. The van der Waals surface area contributed by atoms with Crippen LogP contribution in [0.5, 0.6) is 0 Å². The van der Waals surface area contributed by atoms with Crippen LogP contribution in [0, 0.1) is 0 Å². The minimum atomic E-state index is 0.183. The molecule has 0 spiro atoms. The summed E-state index contributed by atoms with van der Waals surface area (Å²) in [5.41, 5.74) is 1.35. The maximum atomic E-state index is 4.47. The Morgan fingerprint density at radius 3 is 2.65 bits per heavy atom. The average molecular weight is 298 g/mol. The van der Waals surface area contributed by atoms with Gasteiger partial charge in [-0.3, -0.25) is 9.88 Å². The molecule has 1 aliphatic rings. The molecule has 17 heavy (non-hydrogen) atoms. The molecule has 0 atom stereocenters. The summed E-state index contributed by atoms with van der Waals surface area (Å²) in [6.07, 6.45) is 2.88. The minimum absolute atomic E-state index is 0.183. The maximum Gasteiger partial charge on any atom is 0.0422 e. The van der Waals surface area contributed by atoms with Gasteiger partial charge in [0.15, 0.2) is 0 Å². The van der Waals surface area contributed by atoms with Gasteiger partial charge in [0.05, 0.1) is 0 Å². The van der Waals surface area contributed by atoms with Crippen LogP contribution in [0.2, 0.25) is 0 Å². The molecule has 1 fully saturated rings. The van der Waals surface area contributed by atoms with Gasteiger partial charge in [-0.2, -0.15) is 0 Å². The van der Waals surface area contributed by atoms with Gasteiger partial charge < -0.3 is 5.32 Å². The number of hydrogen-bond donors (Lipinski definition) is 1. The highest BCUT2D eigenvalue weighted by atomic mass is 79.9. The zero-order chi connectivity index (χ0) is 12.3. The quantitative estimate of drug-likeness (QED) is 0.926. The number of nitrogens with zero attached hydrogens (tertiary/aromatic N) is 2. The molecule has 2 rings (SSSR count). The molecule has 1 saturated heterocycles. The first kappa shape index (κ1) is 13.0. The number of piperazine rings is 1. The molecule has 1 aromatic rings. The Balaban J connectivity index is 2.02. The zero-order valence-electron chi connectivity index (χ0n) is 10.5. The van der Waals surface area contributed by atoms with Crippen LogP contribution in [0.1, 0.15) is 19.5 Å². The number of halogens is 1. The molecule has 0 bridgehead atoms. The first-order valence-corrected chi connectivity index (χ1v) is 6.93. The predicted molar refractivity (Wildman–Crippen MR) is 74.2 cm³/mol. The molecule has 2 heterocycles. The van der Waals surface area contributed by atoms with Crippen molar-refractivity contribution in [1.82, 2.24) is 15.2 Å². The standard InChI is InChI=1S/C13H20BrN3/c1-13(2,17-7-5-15-6-8-17)9-12-4-3-11(14)10-16-12/h3-4,10,15H,5-9H2,1-2H3. The van der Waals surface area contributed by atoms with E-state index in [0.29, 0.717) is 0 Å². The summed E-state index contributed by atoms with van der Waals surface area (Å²) >= 11 is 3.42. The fraction of sp³-hybridized carbons (Fsp3) is 0.615. The summed E-state index contributed by atoms with van der Waals surface area (Å²) in [6.45, 7) is 9.06. The van der Waals surface area contributed by atoms with Crippen LogP contribution in [-0.4, -0.2) is 41.6 Å². The second-order valence-electron chi connectivity index (χ2n) is 5.19. The van der Waals surface area contributed by atoms with E-state index < -0.39 is 0 Å². The van der Waals surface area contributed by atoms with Crippen molar-refractivity contribution in [3.8, 4) is 0 Å². The Morgan fingerprint density at radius 1 is 1.35 bits per heavy atom. The van der Waals surface area contributed by atoms with Gasteiger partial charge in [-0.1, -0.05) is 0 Å². The Labute approximate surface area is 112 Å². The van der Waals surface area contributed by atoms with E-state index in [9.17, 15) is 0 Å². The van der Waals surface area contributed by atoms with Crippen LogP contribution >= 0.6 is 15.9 Å². The predicted octanol–water partition coefficient (Wildman–Crippen LogP) is 2.07. The lowest BCUT2D eigenvalue weighted by atomic mass is 9.95. The molecule has 4 heteroatoms. The third kappa shape index (κ3) is 3.50. The molecule has 0 saturated carbocycles. The highest BCUT2D eigenvalue weighted by Gasteiger charge is 2.28. The van der Waals surface area contributed by atoms with Crippen molar-refractivity contribution in [1.29, 1.82) is 0 Å². The summed E-state index contributed by atoms with van der Waals surface area (Å²) in [5.74, 6) is 0. The molecule has 3 nitrogen and oxygen atoms in total. The lowest BCUT2D eigenvalue weighted by Gasteiger charge is -2.41. The van der Waals surface area contributed by atoms with Crippen LogP contribution in [-0.2, 0) is 6.42 Å². The zero-order valence-corrected chi connectivity index (χ0v) is 12.1. The normalized spacial score (nSPS) is 18.3. The van der Waals surface area contributed by atoms with Crippen LogP contribution in [0.25, 0.3) is 0 Å². The number of pyridine rings is 1. The fourth-order valence-corrected chi connectivity index (χ4v) is 2.57. The molecule has 1 N–H and O–H groups in total. The van der Waals surface area contributed by atoms with E-state index in [2.05, 4.69) is 57.1 Å². The van der Waals surface area contributed by atoms with E-state index in [4.69, 9.17) is 0 Å². The van der Waals surface area contributed by atoms with E-state index in [0.717, 1.165) is 42.8 Å². The minimum Gasteiger partial charge on any atom is -0.314 e. The molecule has 94 valence electrons. The monoisotopic (exact) mass is 297 g/mol. The maximum absolute atomic E-state index is 4.47. The Morgan fingerprint density at radius 2 is 2.06 bits per heavy atom. The van der Waals surface area contributed by atoms with Gasteiger partial charge >= 0.3 is 0 Å². The summed E-state index contributed by atoms with van der Waals surface area (Å²) in [7, 11) is 0. The molecule has 0 radical (unpaired) electrons. The smallest absolute Gasteiger partial charge is 0.0422 e. The highest BCUT2D eigenvalue weighted by molar-refractivity contribution is 9.10. The molecular weight excluding hydrogens is 278 g/mol. The van der Waals surface area contributed by atoms with Crippen LogP contribution in [0.3, 0.4) is 0 Å². The van der Waals surface area contributed by atoms with Crippen LogP contribution in [0.15, 0.2) is 22.8 Å². The van der Waals surface area contributed by atoms with Gasteiger partial charge in [-0.25, -0.2) is 0 Å². The highest BCUT2D eigenvalue weighted by Crippen LogP contribution is 2.20. The molecular formula is C13H20BrN3. The summed E-state index contributed by atoms with van der Waals surface area (Å²) in [4.78, 5) is 7.02. The number of rotatable bonds is 3. The van der Waals surface area contributed by atoms with Crippen molar-refractivity contribution < 1.29 is 0 Å². The van der Waals surface area contributed by atoms with Gasteiger partial charge in [0.25, 0.3) is 0 Å². The van der Waals surface area contributed by atoms with Crippen molar-refractivity contribution >= 4 is 15.9 Å². The van der Waals surface area contributed by atoms with Gasteiger partial charge in [-0.15, -0.1) is 0 Å². The van der Waals surface area contributed by atoms with Crippen molar-refractivity contribution in [2.45, 2.75) is 25.8 Å². The van der Waals surface area contributed by atoms with E-state index in [-0.39, 0.29) is 5.54 Å². The summed E-state index contributed by atoms with van der Waals surface area (Å²) in [5, 5.41) is 3.39. The number of hydrogen-bond acceptors (Lipinski definition) is 3. The van der Waals surface area contributed by atoms with Gasteiger partial charge in [0.1, 0.15) is 0 Å². The molecule has 0 unspecified atom stereocenters. The third-order valence-corrected chi connectivity index (χ3v) is 3.84. The van der Waals surface area contributed by atoms with Crippen molar-refractivity contribution in [3.63, 3.8) is 0 Å². The third-order valence-electron chi connectivity index (χ3n) is 3.38. The number of nitrogens with one attached hydrogen (secondary N) is 1. The van der Waals surface area contributed by atoms with Crippen molar-refractivity contribution in [2.75, 3.05) is 26.2 Å². The summed E-state index contributed by atoms with van der Waals surface area (Å²) in [6, 6.07) is 4.17. The Hall–Kier alpha value is -0.450. The molecule has 0 amide bonds. The molecule has 0 aromatic carbocycles. The topological polar surface area (TPSA) is 28.2 Å². The first-order chi connectivity index (χ1) is 8.08. The second kappa shape index (κ2) is 5.46. The van der Waals surface area contributed by atoms with Crippen molar-refractivity contribution in [3.05, 3.63) is 28.5 Å². The molecule has 1 aliphatic heterocycles. The lowest BCUT2D eigenvalue weighted by Crippen LogP contribution is -2.54. The molecule has 0 aliphatic carbocycles. The fourth-order valence-electron chi connectivity index (χ4n) is 2.34. The van der Waals surface area contributed by atoms with Crippen molar-refractivity contribution in [2.24, 2.45) is 0 Å². The van der Waals surface area contributed by atoms with E-state index in [1.165, 1.54) is 0 Å². The van der Waals surface area contributed by atoms with E-state index in [1.54, 1.807) is 0 Å². The SMILES string of the molecule is CC(C)(Cc1ccc(Br)cn1)N1CCNCC1. The molecule has 1 aromatic heterocycles. The lowest BCUT2D eigenvalue weighted by molar-refractivity contribution is 0.103. The Bertz CT molecular complexity index is 355. The van der Waals surface area contributed by atoms with E-state index >= 15 is 0 Å².